The molecule has 0 aliphatic heterocycles. The van der Waals surface area contributed by atoms with Crippen LogP contribution in [0, 0.1) is 5.41 Å². The average molecular weight is 178 g/mol. The standard InChI is InChI=1S/C12H18O/c1-5-6-10-9(2)11(13)7-8-12(10,3)4/h5H,1,6-8H2,2-4H3. The molecular weight excluding hydrogens is 160 g/mol. The Hall–Kier alpha value is -0.850. The molecule has 1 aliphatic carbocycles. The van der Waals surface area contributed by atoms with Gasteiger partial charge in [-0.25, -0.2) is 0 Å². The summed E-state index contributed by atoms with van der Waals surface area (Å²) < 4.78 is 0. The molecule has 0 aromatic heterocycles. The van der Waals surface area contributed by atoms with Crippen LogP contribution in [0.25, 0.3) is 0 Å². The van der Waals surface area contributed by atoms with Gasteiger partial charge in [0.25, 0.3) is 0 Å². The van der Waals surface area contributed by atoms with Gasteiger partial charge >= 0.3 is 0 Å². The van der Waals surface area contributed by atoms with Crippen molar-refractivity contribution in [2.24, 2.45) is 5.41 Å². The summed E-state index contributed by atoms with van der Waals surface area (Å²) in [5.41, 5.74) is 2.43. The van der Waals surface area contributed by atoms with Gasteiger partial charge < -0.3 is 0 Å². The summed E-state index contributed by atoms with van der Waals surface area (Å²) in [6.07, 6.45) is 4.43. The molecule has 0 bridgehead atoms. The molecule has 0 saturated carbocycles. The van der Waals surface area contributed by atoms with E-state index in [-0.39, 0.29) is 5.41 Å². The van der Waals surface area contributed by atoms with Gasteiger partial charge in [-0.3, -0.25) is 4.79 Å². The molecule has 1 aliphatic rings. The molecule has 0 radical (unpaired) electrons. The summed E-state index contributed by atoms with van der Waals surface area (Å²) in [5, 5.41) is 0. The molecular formula is C12H18O. The topological polar surface area (TPSA) is 17.1 Å². The fourth-order valence-corrected chi connectivity index (χ4v) is 2.01. The summed E-state index contributed by atoms with van der Waals surface area (Å²) >= 11 is 0. The van der Waals surface area contributed by atoms with E-state index < -0.39 is 0 Å². The van der Waals surface area contributed by atoms with Crippen LogP contribution in [0.2, 0.25) is 0 Å². The second-order valence-corrected chi connectivity index (χ2v) is 4.40. The van der Waals surface area contributed by atoms with Crippen molar-refractivity contribution in [1.29, 1.82) is 0 Å². The first-order valence-corrected chi connectivity index (χ1v) is 4.83. The predicted octanol–water partition coefficient (Wildman–Crippen LogP) is 3.27. The highest BCUT2D eigenvalue weighted by molar-refractivity contribution is 5.96. The molecule has 0 aromatic carbocycles. The Morgan fingerprint density at radius 2 is 2.15 bits per heavy atom. The smallest absolute Gasteiger partial charge is 0.158 e. The van der Waals surface area contributed by atoms with Crippen molar-refractivity contribution in [1.82, 2.24) is 0 Å². The lowest BCUT2D eigenvalue weighted by molar-refractivity contribution is -0.116. The minimum Gasteiger partial charge on any atom is -0.295 e. The van der Waals surface area contributed by atoms with Gasteiger partial charge in [0.1, 0.15) is 0 Å². The zero-order chi connectivity index (χ0) is 10.1. The molecule has 0 aromatic rings. The third kappa shape index (κ3) is 1.90. The van der Waals surface area contributed by atoms with E-state index in [1.165, 1.54) is 5.57 Å². The van der Waals surface area contributed by atoms with Crippen molar-refractivity contribution < 1.29 is 4.79 Å². The Morgan fingerprint density at radius 3 is 2.69 bits per heavy atom. The van der Waals surface area contributed by atoms with Crippen molar-refractivity contribution in [3.8, 4) is 0 Å². The van der Waals surface area contributed by atoms with E-state index >= 15 is 0 Å². The highest BCUT2D eigenvalue weighted by atomic mass is 16.1. The maximum atomic E-state index is 11.5. The second-order valence-electron chi connectivity index (χ2n) is 4.40. The van der Waals surface area contributed by atoms with Gasteiger partial charge in [-0.15, -0.1) is 6.58 Å². The third-order valence-electron chi connectivity index (χ3n) is 3.01. The maximum absolute atomic E-state index is 11.5. The van der Waals surface area contributed by atoms with E-state index in [0.29, 0.717) is 12.2 Å². The monoisotopic (exact) mass is 178 g/mol. The van der Waals surface area contributed by atoms with Crippen LogP contribution >= 0.6 is 0 Å². The maximum Gasteiger partial charge on any atom is 0.158 e. The molecule has 0 spiro atoms. The van der Waals surface area contributed by atoms with Gasteiger partial charge in [0.05, 0.1) is 0 Å². The van der Waals surface area contributed by atoms with Crippen molar-refractivity contribution in [2.75, 3.05) is 0 Å². The lowest BCUT2D eigenvalue weighted by Gasteiger charge is -2.33. The molecule has 0 N–H and O–H groups in total. The molecule has 0 saturated heterocycles. The van der Waals surface area contributed by atoms with Crippen LogP contribution in [-0.4, -0.2) is 5.78 Å². The highest BCUT2D eigenvalue weighted by Gasteiger charge is 2.30. The van der Waals surface area contributed by atoms with Crippen LogP contribution in [0.5, 0.6) is 0 Å². The largest absolute Gasteiger partial charge is 0.295 e. The number of carbonyl (C=O) groups excluding carboxylic acids is 1. The molecule has 0 fully saturated rings. The molecule has 0 atom stereocenters. The summed E-state index contributed by atoms with van der Waals surface area (Å²) in [7, 11) is 0. The molecule has 1 nitrogen and oxygen atoms in total. The van der Waals surface area contributed by atoms with Crippen molar-refractivity contribution in [3.63, 3.8) is 0 Å². The SMILES string of the molecule is C=CCC1=C(C)C(=O)CCC1(C)C. The Kier molecular flexibility index (Phi) is 2.74. The quantitative estimate of drug-likeness (QED) is 0.593. The minimum atomic E-state index is 0.187. The Bertz CT molecular complexity index is 269. The van der Waals surface area contributed by atoms with Crippen LogP contribution in [0.3, 0.4) is 0 Å². The van der Waals surface area contributed by atoms with E-state index in [1.54, 1.807) is 0 Å². The van der Waals surface area contributed by atoms with Gasteiger partial charge in [0, 0.05) is 6.42 Å². The molecule has 0 heterocycles. The Balaban J connectivity index is 3.09. The van der Waals surface area contributed by atoms with Gasteiger partial charge in [-0.05, 0) is 30.8 Å². The van der Waals surface area contributed by atoms with Crippen molar-refractivity contribution in [2.45, 2.75) is 40.0 Å². The number of hydrogen-bond acceptors (Lipinski definition) is 1. The number of allylic oxidation sites excluding steroid dienone is 3. The lowest BCUT2D eigenvalue weighted by atomic mass is 9.71. The molecule has 0 amide bonds. The van der Waals surface area contributed by atoms with E-state index in [9.17, 15) is 4.79 Å². The molecule has 13 heavy (non-hydrogen) atoms. The van der Waals surface area contributed by atoms with Gasteiger partial charge in [-0.2, -0.15) is 0 Å². The Morgan fingerprint density at radius 1 is 1.54 bits per heavy atom. The van der Waals surface area contributed by atoms with Crippen molar-refractivity contribution >= 4 is 5.78 Å². The summed E-state index contributed by atoms with van der Waals surface area (Å²) in [5.74, 6) is 0.316. The number of carbonyl (C=O) groups is 1. The number of rotatable bonds is 2. The van der Waals surface area contributed by atoms with Crippen LogP contribution in [-0.2, 0) is 4.79 Å². The first-order valence-electron chi connectivity index (χ1n) is 4.83. The van der Waals surface area contributed by atoms with Crippen LogP contribution in [0.4, 0.5) is 0 Å². The number of hydrogen-bond donors (Lipinski definition) is 0. The summed E-state index contributed by atoms with van der Waals surface area (Å²) in [4.78, 5) is 11.5. The zero-order valence-electron chi connectivity index (χ0n) is 8.81. The first kappa shape index (κ1) is 10.2. The molecule has 1 heteroatoms. The average Bonchev–Trinajstić information content (AvgIpc) is 2.07. The fourth-order valence-electron chi connectivity index (χ4n) is 2.01. The van der Waals surface area contributed by atoms with Gasteiger partial charge in [0.15, 0.2) is 5.78 Å². The second kappa shape index (κ2) is 3.49. The van der Waals surface area contributed by atoms with Crippen LogP contribution in [0.15, 0.2) is 23.8 Å². The predicted molar refractivity (Wildman–Crippen MR) is 55.5 cm³/mol. The number of ketones is 1. The zero-order valence-corrected chi connectivity index (χ0v) is 8.81. The van der Waals surface area contributed by atoms with E-state index in [2.05, 4.69) is 20.4 Å². The van der Waals surface area contributed by atoms with Crippen molar-refractivity contribution in [3.05, 3.63) is 23.8 Å². The van der Waals surface area contributed by atoms with E-state index in [0.717, 1.165) is 18.4 Å². The third-order valence-corrected chi connectivity index (χ3v) is 3.01. The minimum absolute atomic E-state index is 0.187. The van der Waals surface area contributed by atoms with Crippen LogP contribution in [0.1, 0.15) is 40.0 Å². The highest BCUT2D eigenvalue weighted by Crippen LogP contribution is 2.40. The van der Waals surface area contributed by atoms with E-state index in [1.807, 2.05) is 13.0 Å². The number of Topliss-reactive ketones (excluding diaryl/α,β-unsaturated/α-hetero) is 1. The molecule has 0 unspecified atom stereocenters. The molecule has 72 valence electrons. The fraction of sp³-hybridized carbons (Fsp3) is 0.583. The van der Waals surface area contributed by atoms with E-state index in [4.69, 9.17) is 0 Å². The Labute approximate surface area is 80.5 Å². The summed E-state index contributed by atoms with van der Waals surface area (Å²) in [6, 6.07) is 0. The van der Waals surface area contributed by atoms with Gasteiger partial charge in [-0.1, -0.05) is 25.5 Å². The summed E-state index contributed by atoms with van der Waals surface area (Å²) in [6.45, 7) is 10.1. The lowest BCUT2D eigenvalue weighted by Crippen LogP contribution is -2.24. The normalized spacial score (nSPS) is 21.9. The van der Waals surface area contributed by atoms with Crippen LogP contribution < -0.4 is 0 Å². The first-order chi connectivity index (χ1) is 5.99. The molecule has 1 rings (SSSR count). The van der Waals surface area contributed by atoms with Gasteiger partial charge in [0.2, 0.25) is 0 Å².